The first kappa shape index (κ1) is 22.6. The van der Waals surface area contributed by atoms with Gasteiger partial charge < -0.3 is 9.88 Å². The van der Waals surface area contributed by atoms with Crippen LogP contribution in [0.15, 0.2) is 35.5 Å². The van der Waals surface area contributed by atoms with Crippen LogP contribution in [0.5, 0.6) is 0 Å². The second kappa shape index (κ2) is 9.82. The maximum atomic E-state index is 12.4. The van der Waals surface area contributed by atoms with Gasteiger partial charge in [0.25, 0.3) is 0 Å². The molecule has 1 amide bonds. The SMILES string of the molecule is CC1CCCCC1NC(=O)CSc1nnc(CN(c2ccccc2)S(C)(=O)=O)n1C. The van der Waals surface area contributed by atoms with E-state index in [0.29, 0.717) is 22.6 Å². The first-order valence-electron chi connectivity index (χ1n) is 10.1. The van der Waals surface area contributed by atoms with Crippen LogP contribution in [0.25, 0.3) is 0 Å². The number of thioether (sulfide) groups is 1. The summed E-state index contributed by atoms with van der Waals surface area (Å²) >= 11 is 1.31. The molecule has 8 nitrogen and oxygen atoms in total. The summed E-state index contributed by atoms with van der Waals surface area (Å²) in [5.41, 5.74) is 0.568. The van der Waals surface area contributed by atoms with E-state index in [1.807, 2.05) is 6.07 Å². The second-order valence-corrected chi connectivity index (χ2v) is 10.6. The van der Waals surface area contributed by atoms with Crippen molar-refractivity contribution in [3.05, 3.63) is 36.2 Å². The maximum absolute atomic E-state index is 12.4. The van der Waals surface area contributed by atoms with Gasteiger partial charge >= 0.3 is 0 Å². The fourth-order valence-corrected chi connectivity index (χ4v) is 5.24. The van der Waals surface area contributed by atoms with E-state index < -0.39 is 10.0 Å². The van der Waals surface area contributed by atoms with Gasteiger partial charge in [0, 0.05) is 13.1 Å². The quantitative estimate of drug-likeness (QED) is 0.620. The second-order valence-electron chi connectivity index (χ2n) is 7.79. The van der Waals surface area contributed by atoms with E-state index in [1.54, 1.807) is 35.9 Å². The van der Waals surface area contributed by atoms with Crippen LogP contribution in [-0.2, 0) is 28.4 Å². The molecule has 164 valence electrons. The summed E-state index contributed by atoms with van der Waals surface area (Å²) in [6, 6.07) is 9.14. The lowest BCUT2D eigenvalue weighted by atomic mass is 9.86. The Morgan fingerprint density at radius 3 is 2.60 bits per heavy atom. The molecule has 0 radical (unpaired) electrons. The highest BCUT2D eigenvalue weighted by Gasteiger charge is 2.24. The third-order valence-corrected chi connectivity index (χ3v) is 7.61. The molecular formula is C20H29N5O3S2. The topological polar surface area (TPSA) is 97.2 Å². The monoisotopic (exact) mass is 451 g/mol. The lowest BCUT2D eigenvalue weighted by Crippen LogP contribution is -2.41. The first-order chi connectivity index (χ1) is 14.3. The zero-order chi connectivity index (χ0) is 21.7. The minimum atomic E-state index is -3.49. The molecule has 2 unspecified atom stereocenters. The predicted octanol–water partition coefficient (Wildman–Crippen LogP) is 2.57. The van der Waals surface area contributed by atoms with Crippen molar-refractivity contribution < 1.29 is 13.2 Å². The van der Waals surface area contributed by atoms with Crippen molar-refractivity contribution in [3.63, 3.8) is 0 Å². The van der Waals surface area contributed by atoms with E-state index in [1.165, 1.54) is 28.7 Å². The Kier molecular flexibility index (Phi) is 7.41. The highest BCUT2D eigenvalue weighted by molar-refractivity contribution is 7.99. The van der Waals surface area contributed by atoms with Crippen molar-refractivity contribution in [2.75, 3.05) is 16.3 Å². The lowest BCUT2D eigenvalue weighted by molar-refractivity contribution is -0.119. The van der Waals surface area contributed by atoms with Crippen LogP contribution in [0, 0.1) is 5.92 Å². The number of hydrogen-bond donors (Lipinski definition) is 1. The number of anilines is 1. The van der Waals surface area contributed by atoms with Gasteiger partial charge in [0.1, 0.15) is 0 Å². The molecule has 1 aliphatic rings. The normalized spacial score (nSPS) is 19.4. The number of sulfonamides is 1. The number of hydrogen-bond acceptors (Lipinski definition) is 6. The van der Waals surface area contributed by atoms with Gasteiger partial charge in [-0.3, -0.25) is 9.10 Å². The van der Waals surface area contributed by atoms with E-state index in [9.17, 15) is 13.2 Å². The van der Waals surface area contributed by atoms with E-state index in [0.717, 1.165) is 19.3 Å². The van der Waals surface area contributed by atoms with Gasteiger partial charge in [-0.05, 0) is 30.9 Å². The van der Waals surface area contributed by atoms with Crippen molar-refractivity contribution in [1.29, 1.82) is 0 Å². The summed E-state index contributed by atoms with van der Waals surface area (Å²) in [4.78, 5) is 12.4. The number of nitrogens with zero attached hydrogens (tertiary/aromatic N) is 4. The van der Waals surface area contributed by atoms with Gasteiger partial charge in [0.2, 0.25) is 15.9 Å². The van der Waals surface area contributed by atoms with Gasteiger partial charge in [-0.15, -0.1) is 10.2 Å². The summed E-state index contributed by atoms with van der Waals surface area (Å²) < 4.78 is 27.6. The Labute approximate surface area is 182 Å². The molecule has 10 heteroatoms. The van der Waals surface area contributed by atoms with E-state index in [2.05, 4.69) is 22.4 Å². The van der Waals surface area contributed by atoms with Crippen LogP contribution in [0.4, 0.5) is 5.69 Å². The van der Waals surface area contributed by atoms with Crippen molar-refractivity contribution in [1.82, 2.24) is 20.1 Å². The Hall–Kier alpha value is -2.07. The van der Waals surface area contributed by atoms with Crippen LogP contribution in [0.2, 0.25) is 0 Å². The molecule has 0 bridgehead atoms. The number of nitrogens with one attached hydrogen (secondary N) is 1. The number of carbonyl (C=O) groups is 1. The molecular weight excluding hydrogens is 422 g/mol. The fraction of sp³-hybridized carbons (Fsp3) is 0.550. The van der Waals surface area contributed by atoms with Gasteiger partial charge in [-0.1, -0.05) is 49.7 Å². The Morgan fingerprint density at radius 2 is 1.93 bits per heavy atom. The van der Waals surface area contributed by atoms with Gasteiger partial charge in [0.15, 0.2) is 11.0 Å². The standard InChI is InChI=1S/C20H29N5O3S2/c1-15-9-7-8-12-17(15)21-19(26)14-29-20-23-22-18(24(20)2)13-25(30(3,27)28)16-10-5-4-6-11-16/h4-6,10-11,15,17H,7-9,12-14H2,1-3H3,(H,21,26). The number of carbonyl (C=O) groups excluding carboxylic acids is 1. The first-order valence-corrected chi connectivity index (χ1v) is 12.9. The molecule has 1 N–H and O–H groups in total. The molecule has 2 atom stereocenters. The zero-order valence-corrected chi connectivity index (χ0v) is 19.2. The summed E-state index contributed by atoms with van der Waals surface area (Å²) in [5.74, 6) is 1.26. The molecule has 1 aromatic carbocycles. The largest absolute Gasteiger partial charge is 0.352 e. The zero-order valence-electron chi connectivity index (χ0n) is 17.6. The number of amides is 1. The van der Waals surface area contributed by atoms with Crippen LogP contribution >= 0.6 is 11.8 Å². The Bertz CT molecular complexity index is 962. The molecule has 1 heterocycles. The molecule has 2 aromatic rings. The van der Waals surface area contributed by atoms with E-state index in [4.69, 9.17) is 0 Å². The number of aromatic nitrogens is 3. The summed E-state index contributed by atoms with van der Waals surface area (Å²) in [5, 5.41) is 12.0. The van der Waals surface area contributed by atoms with Crippen LogP contribution in [0.1, 0.15) is 38.4 Å². The minimum Gasteiger partial charge on any atom is -0.352 e. The number of para-hydroxylation sites is 1. The lowest BCUT2D eigenvalue weighted by Gasteiger charge is -2.29. The molecule has 3 rings (SSSR count). The third kappa shape index (κ3) is 5.75. The molecule has 1 fully saturated rings. The maximum Gasteiger partial charge on any atom is 0.232 e. The summed E-state index contributed by atoms with van der Waals surface area (Å²) in [6.07, 6.45) is 5.75. The molecule has 1 aromatic heterocycles. The van der Waals surface area contributed by atoms with Crippen molar-refractivity contribution in [2.24, 2.45) is 13.0 Å². The number of benzene rings is 1. The predicted molar refractivity (Wildman–Crippen MR) is 119 cm³/mol. The average Bonchev–Trinajstić information content (AvgIpc) is 3.05. The summed E-state index contributed by atoms with van der Waals surface area (Å²) in [6.45, 7) is 2.26. The smallest absolute Gasteiger partial charge is 0.232 e. The van der Waals surface area contributed by atoms with Gasteiger partial charge in [-0.25, -0.2) is 8.42 Å². The fourth-order valence-electron chi connectivity index (χ4n) is 3.64. The molecule has 1 saturated carbocycles. The highest BCUT2D eigenvalue weighted by Crippen LogP contribution is 2.25. The van der Waals surface area contributed by atoms with E-state index in [-0.39, 0.29) is 24.2 Å². The average molecular weight is 452 g/mol. The Balaban J connectivity index is 1.63. The minimum absolute atomic E-state index is 0.00894. The van der Waals surface area contributed by atoms with Crippen molar-refractivity contribution in [2.45, 2.75) is 50.4 Å². The molecule has 30 heavy (non-hydrogen) atoms. The van der Waals surface area contributed by atoms with Gasteiger partial charge in [-0.2, -0.15) is 0 Å². The Morgan fingerprint density at radius 1 is 1.23 bits per heavy atom. The third-order valence-electron chi connectivity index (χ3n) is 5.44. The molecule has 0 spiro atoms. The van der Waals surface area contributed by atoms with Crippen molar-refractivity contribution in [3.8, 4) is 0 Å². The van der Waals surface area contributed by atoms with Gasteiger partial charge in [0.05, 0.1) is 24.2 Å². The van der Waals surface area contributed by atoms with Crippen molar-refractivity contribution >= 4 is 33.4 Å². The van der Waals surface area contributed by atoms with Crippen LogP contribution in [-0.4, -0.2) is 47.1 Å². The summed E-state index contributed by atoms with van der Waals surface area (Å²) in [7, 11) is -1.71. The molecule has 1 aliphatic carbocycles. The number of rotatable bonds is 8. The highest BCUT2D eigenvalue weighted by atomic mass is 32.2. The van der Waals surface area contributed by atoms with Crippen LogP contribution < -0.4 is 9.62 Å². The van der Waals surface area contributed by atoms with Crippen LogP contribution in [0.3, 0.4) is 0 Å². The van der Waals surface area contributed by atoms with E-state index >= 15 is 0 Å². The molecule has 0 aliphatic heterocycles. The molecule has 0 saturated heterocycles.